The normalized spacial score (nSPS) is 15.1. The van der Waals surface area contributed by atoms with Crippen molar-refractivity contribution in [1.29, 1.82) is 0 Å². The van der Waals surface area contributed by atoms with Gasteiger partial charge in [-0.15, -0.1) is 0 Å². The number of likely N-dealkylation sites (tertiary alicyclic amines) is 1. The Hall–Kier alpha value is -2.44. The first-order valence-corrected chi connectivity index (χ1v) is 8.49. The predicted molar refractivity (Wildman–Crippen MR) is 89.9 cm³/mol. The lowest BCUT2D eigenvalue weighted by Crippen LogP contribution is -2.44. The Morgan fingerprint density at radius 3 is 2.28 bits per heavy atom. The van der Waals surface area contributed by atoms with Crippen molar-refractivity contribution in [3.63, 3.8) is 0 Å². The molecule has 1 aromatic rings. The van der Waals surface area contributed by atoms with Crippen LogP contribution in [0, 0.1) is 11.7 Å². The van der Waals surface area contributed by atoms with Crippen molar-refractivity contribution in [3.8, 4) is 0 Å². The first-order chi connectivity index (χ1) is 11.9. The van der Waals surface area contributed by atoms with E-state index < -0.39 is 17.7 Å². The molecule has 0 aliphatic carbocycles. The zero-order valence-corrected chi connectivity index (χ0v) is 14.5. The van der Waals surface area contributed by atoms with Gasteiger partial charge in [0, 0.05) is 32.1 Å². The van der Waals surface area contributed by atoms with E-state index in [1.54, 1.807) is 4.90 Å². The van der Waals surface area contributed by atoms with Crippen LogP contribution in [0.3, 0.4) is 0 Å². The number of hydrogen-bond donors (Lipinski definition) is 1. The summed E-state index contributed by atoms with van der Waals surface area (Å²) in [6.07, 6.45) is 1.10. The molecule has 1 saturated heterocycles. The first-order valence-electron chi connectivity index (χ1n) is 8.49. The van der Waals surface area contributed by atoms with Gasteiger partial charge in [-0.2, -0.15) is 0 Å². The van der Waals surface area contributed by atoms with E-state index in [0.29, 0.717) is 39.0 Å². The Kier molecular flexibility index (Phi) is 6.12. The number of aromatic carboxylic acids is 1. The molecule has 25 heavy (non-hydrogen) atoms. The molecule has 0 bridgehead atoms. The lowest BCUT2D eigenvalue weighted by Gasteiger charge is -2.33. The first kappa shape index (κ1) is 18.9. The quantitative estimate of drug-likeness (QED) is 0.883. The van der Waals surface area contributed by atoms with Gasteiger partial charge < -0.3 is 14.9 Å². The highest BCUT2D eigenvalue weighted by Crippen LogP contribution is 2.22. The number of carboxylic acids is 1. The van der Waals surface area contributed by atoms with E-state index in [1.807, 2.05) is 13.8 Å². The number of benzene rings is 1. The van der Waals surface area contributed by atoms with E-state index in [2.05, 4.69) is 0 Å². The molecule has 6 nitrogen and oxygen atoms in total. The van der Waals surface area contributed by atoms with E-state index in [-0.39, 0.29) is 23.0 Å². The molecule has 0 saturated carbocycles. The summed E-state index contributed by atoms with van der Waals surface area (Å²) in [6.45, 7) is 5.96. The molecule has 1 heterocycles. The Labute approximate surface area is 146 Å². The Bertz CT molecular complexity index is 665. The predicted octanol–water partition coefficient (Wildman–Crippen LogP) is 2.24. The van der Waals surface area contributed by atoms with Gasteiger partial charge in [-0.25, -0.2) is 9.18 Å². The number of nitrogens with zero attached hydrogens (tertiary/aromatic N) is 2. The summed E-state index contributed by atoms with van der Waals surface area (Å²) in [7, 11) is 0. The van der Waals surface area contributed by atoms with Crippen molar-refractivity contribution in [2.24, 2.45) is 5.92 Å². The van der Waals surface area contributed by atoms with Crippen molar-refractivity contribution in [2.75, 3.05) is 26.2 Å². The van der Waals surface area contributed by atoms with Gasteiger partial charge in [0.1, 0.15) is 5.82 Å². The molecule has 1 aromatic carbocycles. The lowest BCUT2D eigenvalue weighted by atomic mass is 9.94. The van der Waals surface area contributed by atoms with Crippen LogP contribution in [0.25, 0.3) is 0 Å². The lowest BCUT2D eigenvalue weighted by molar-refractivity contribution is -0.136. The number of carbonyl (C=O) groups excluding carboxylic acids is 2. The van der Waals surface area contributed by atoms with Gasteiger partial charge in [-0.1, -0.05) is 0 Å². The van der Waals surface area contributed by atoms with Crippen LogP contribution in [-0.4, -0.2) is 58.9 Å². The summed E-state index contributed by atoms with van der Waals surface area (Å²) in [6, 6.07) is 3.27. The van der Waals surface area contributed by atoms with E-state index in [4.69, 9.17) is 5.11 Å². The third-order valence-electron chi connectivity index (χ3n) is 4.65. The Morgan fingerprint density at radius 2 is 1.80 bits per heavy atom. The van der Waals surface area contributed by atoms with Crippen LogP contribution in [0.2, 0.25) is 0 Å². The molecule has 136 valence electrons. The van der Waals surface area contributed by atoms with Gasteiger partial charge in [0.2, 0.25) is 5.91 Å². The van der Waals surface area contributed by atoms with Gasteiger partial charge in [-0.05, 0) is 44.9 Å². The summed E-state index contributed by atoms with van der Waals surface area (Å²) in [4.78, 5) is 39.0. The minimum Gasteiger partial charge on any atom is -0.478 e. The van der Waals surface area contributed by atoms with Gasteiger partial charge in [-0.3, -0.25) is 9.59 Å². The second-order valence-electron chi connectivity index (χ2n) is 6.08. The summed E-state index contributed by atoms with van der Waals surface area (Å²) < 4.78 is 14.0. The SMILES string of the molecule is CCN(CC)C(=O)C1CCN(C(=O)c2ccc(C(=O)O)cc2F)CC1. The van der Waals surface area contributed by atoms with Crippen LogP contribution in [0.4, 0.5) is 4.39 Å². The monoisotopic (exact) mass is 350 g/mol. The second kappa shape index (κ2) is 8.09. The van der Waals surface area contributed by atoms with E-state index in [0.717, 1.165) is 6.07 Å². The van der Waals surface area contributed by atoms with Gasteiger partial charge >= 0.3 is 5.97 Å². The molecule has 1 fully saturated rings. The minimum atomic E-state index is -1.24. The molecule has 0 atom stereocenters. The fourth-order valence-corrected chi connectivity index (χ4v) is 3.11. The number of amides is 2. The number of piperidine rings is 1. The van der Waals surface area contributed by atoms with Gasteiger partial charge in [0.05, 0.1) is 11.1 Å². The second-order valence-corrected chi connectivity index (χ2v) is 6.08. The molecular formula is C18H23FN2O4. The van der Waals surface area contributed by atoms with E-state index >= 15 is 0 Å². The maximum absolute atomic E-state index is 14.0. The highest BCUT2D eigenvalue weighted by atomic mass is 19.1. The average Bonchev–Trinajstić information content (AvgIpc) is 2.62. The van der Waals surface area contributed by atoms with Crippen molar-refractivity contribution in [3.05, 3.63) is 35.1 Å². The minimum absolute atomic E-state index is 0.106. The highest BCUT2D eigenvalue weighted by molar-refractivity contribution is 5.96. The molecule has 1 aliphatic rings. The third-order valence-corrected chi connectivity index (χ3v) is 4.65. The molecule has 7 heteroatoms. The zero-order chi connectivity index (χ0) is 18.6. The van der Waals surface area contributed by atoms with Crippen molar-refractivity contribution < 1.29 is 23.9 Å². The summed E-state index contributed by atoms with van der Waals surface area (Å²) in [5, 5.41) is 8.86. The topological polar surface area (TPSA) is 77.9 Å². The Balaban J connectivity index is 2.02. The van der Waals surface area contributed by atoms with Crippen LogP contribution < -0.4 is 0 Å². The largest absolute Gasteiger partial charge is 0.478 e. The van der Waals surface area contributed by atoms with Crippen molar-refractivity contribution in [2.45, 2.75) is 26.7 Å². The maximum atomic E-state index is 14.0. The molecule has 1 N–H and O–H groups in total. The van der Waals surface area contributed by atoms with Crippen molar-refractivity contribution >= 4 is 17.8 Å². The fraction of sp³-hybridized carbons (Fsp3) is 0.500. The number of halogens is 1. The summed E-state index contributed by atoms with van der Waals surface area (Å²) in [5.41, 5.74) is -0.337. The van der Waals surface area contributed by atoms with Crippen LogP contribution in [0.15, 0.2) is 18.2 Å². The van der Waals surface area contributed by atoms with Gasteiger partial charge in [0.15, 0.2) is 0 Å². The molecule has 1 aliphatic heterocycles. The summed E-state index contributed by atoms with van der Waals surface area (Å²) >= 11 is 0. The standard InChI is InChI=1S/C18H23FN2O4/c1-3-20(4-2)16(22)12-7-9-21(10-8-12)17(23)14-6-5-13(18(24)25)11-15(14)19/h5-6,11-12H,3-4,7-10H2,1-2H3,(H,24,25). The zero-order valence-electron chi connectivity index (χ0n) is 14.5. The number of hydrogen-bond acceptors (Lipinski definition) is 3. The summed E-state index contributed by atoms with van der Waals surface area (Å²) in [5.74, 6) is -2.56. The van der Waals surface area contributed by atoms with Crippen LogP contribution in [0.5, 0.6) is 0 Å². The third kappa shape index (κ3) is 4.15. The van der Waals surface area contributed by atoms with Crippen LogP contribution in [-0.2, 0) is 4.79 Å². The fourth-order valence-electron chi connectivity index (χ4n) is 3.11. The molecular weight excluding hydrogens is 327 g/mol. The van der Waals surface area contributed by atoms with Crippen molar-refractivity contribution in [1.82, 2.24) is 9.80 Å². The van der Waals surface area contributed by atoms with Crippen LogP contribution >= 0.6 is 0 Å². The number of carbonyl (C=O) groups is 3. The molecule has 0 radical (unpaired) electrons. The molecule has 0 spiro atoms. The molecule has 2 rings (SSSR count). The molecule has 0 aromatic heterocycles. The van der Waals surface area contributed by atoms with Crippen LogP contribution in [0.1, 0.15) is 47.4 Å². The smallest absolute Gasteiger partial charge is 0.335 e. The van der Waals surface area contributed by atoms with E-state index in [9.17, 15) is 18.8 Å². The Morgan fingerprint density at radius 1 is 1.20 bits per heavy atom. The highest BCUT2D eigenvalue weighted by Gasteiger charge is 2.30. The molecule has 2 amide bonds. The average molecular weight is 350 g/mol. The number of carboxylic acid groups (broad SMARTS) is 1. The van der Waals surface area contributed by atoms with E-state index in [1.165, 1.54) is 17.0 Å². The molecule has 0 unspecified atom stereocenters. The van der Waals surface area contributed by atoms with Gasteiger partial charge in [0.25, 0.3) is 5.91 Å². The number of rotatable bonds is 5. The maximum Gasteiger partial charge on any atom is 0.335 e.